The molecule has 0 radical (unpaired) electrons. The molecule has 2 fully saturated rings. The molecule has 1 saturated heterocycles. The first kappa shape index (κ1) is 20.6. The maximum atomic E-state index is 12.8. The van der Waals surface area contributed by atoms with Crippen LogP contribution in [0.4, 0.5) is 18.9 Å². The maximum absolute atomic E-state index is 12.8. The van der Waals surface area contributed by atoms with Gasteiger partial charge >= 0.3 is 6.18 Å². The molecular formula is C19H23F3N6O2. The summed E-state index contributed by atoms with van der Waals surface area (Å²) in [5, 5.41) is 5.68. The monoisotopic (exact) mass is 424 g/mol. The van der Waals surface area contributed by atoms with Gasteiger partial charge in [-0.05, 0) is 31.0 Å². The molecule has 0 spiro atoms. The number of aromatic amines is 1. The standard InChI is InChI=1S/C19H23F3N6O2/c20-19(21,22)18-25-14-4-3-13(9-15(14)26-18)24-17(30)11-28-7-5-27(6-8-28)10-16(29)23-12-1-2-12/h3-4,9,12H,1-2,5-8,10-11H2,(H,23,29)(H,24,30)(H,25,26). The predicted octanol–water partition coefficient (Wildman–Crippen LogP) is 1.42. The van der Waals surface area contributed by atoms with Gasteiger partial charge in [0.1, 0.15) is 0 Å². The van der Waals surface area contributed by atoms with Gasteiger partial charge < -0.3 is 15.6 Å². The van der Waals surface area contributed by atoms with Crippen LogP contribution in [-0.4, -0.2) is 76.9 Å². The molecule has 2 amide bonds. The lowest BCUT2D eigenvalue weighted by molar-refractivity contribution is -0.144. The van der Waals surface area contributed by atoms with Crippen LogP contribution in [0.25, 0.3) is 11.0 Å². The number of piperazine rings is 1. The molecule has 11 heteroatoms. The van der Waals surface area contributed by atoms with E-state index >= 15 is 0 Å². The summed E-state index contributed by atoms with van der Waals surface area (Å²) in [6.07, 6.45) is -2.43. The molecule has 162 valence electrons. The molecular weight excluding hydrogens is 401 g/mol. The van der Waals surface area contributed by atoms with Gasteiger partial charge in [-0.25, -0.2) is 4.98 Å². The van der Waals surface area contributed by atoms with E-state index < -0.39 is 12.0 Å². The number of hydrogen-bond donors (Lipinski definition) is 3. The summed E-state index contributed by atoms with van der Waals surface area (Å²) in [4.78, 5) is 34.0. The number of H-pyrrole nitrogens is 1. The van der Waals surface area contributed by atoms with Crippen LogP contribution < -0.4 is 10.6 Å². The molecule has 1 aromatic carbocycles. The Balaban J connectivity index is 1.25. The molecule has 4 rings (SSSR count). The number of hydrogen-bond acceptors (Lipinski definition) is 5. The molecule has 30 heavy (non-hydrogen) atoms. The van der Waals surface area contributed by atoms with Crippen LogP contribution >= 0.6 is 0 Å². The minimum absolute atomic E-state index is 0.0478. The van der Waals surface area contributed by atoms with Crippen molar-refractivity contribution in [3.63, 3.8) is 0 Å². The number of rotatable bonds is 6. The Morgan fingerprint density at radius 2 is 1.70 bits per heavy atom. The first-order valence-corrected chi connectivity index (χ1v) is 9.87. The van der Waals surface area contributed by atoms with Crippen LogP contribution in [-0.2, 0) is 15.8 Å². The first-order valence-electron chi connectivity index (χ1n) is 9.87. The van der Waals surface area contributed by atoms with Gasteiger partial charge in [-0.1, -0.05) is 0 Å². The van der Waals surface area contributed by atoms with Gasteiger partial charge in [0.2, 0.25) is 17.6 Å². The highest BCUT2D eigenvalue weighted by molar-refractivity contribution is 5.94. The Kier molecular flexibility index (Phi) is 5.65. The van der Waals surface area contributed by atoms with Crippen molar-refractivity contribution in [3.05, 3.63) is 24.0 Å². The number of nitrogens with one attached hydrogen (secondary N) is 3. The van der Waals surface area contributed by atoms with Gasteiger partial charge in [0, 0.05) is 37.9 Å². The summed E-state index contributed by atoms with van der Waals surface area (Å²) in [5.41, 5.74) is 0.792. The van der Waals surface area contributed by atoms with Crippen LogP contribution in [0.5, 0.6) is 0 Å². The lowest BCUT2D eigenvalue weighted by Gasteiger charge is -2.33. The lowest BCUT2D eigenvalue weighted by atomic mass is 10.2. The van der Waals surface area contributed by atoms with E-state index in [9.17, 15) is 22.8 Å². The summed E-state index contributed by atoms with van der Waals surface area (Å²) in [7, 11) is 0. The summed E-state index contributed by atoms with van der Waals surface area (Å²) in [5.74, 6) is -1.26. The van der Waals surface area contributed by atoms with Crippen molar-refractivity contribution in [3.8, 4) is 0 Å². The average molecular weight is 424 g/mol. The van der Waals surface area contributed by atoms with Crippen molar-refractivity contribution in [2.24, 2.45) is 0 Å². The maximum Gasteiger partial charge on any atom is 0.449 e. The molecule has 2 aliphatic rings. The number of fused-ring (bicyclic) bond motifs is 1. The van der Waals surface area contributed by atoms with Crippen LogP contribution in [0.1, 0.15) is 18.7 Å². The van der Waals surface area contributed by atoms with Crippen molar-refractivity contribution < 1.29 is 22.8 Å². The van der Waals surface area contributed by atoms with Crippen LogP contribution in [0.3, 0.4) is 0 Å². The van der Waals surface area contributed by atoms with Crippen molar-refractivity contribution >= 4 is 28.5 Å². The minimum atomic E-state index is -4.55. The summed E-state index contributed by atoms with van der Waals surface area (Å²) >= 11 is 0. The molecule has 2 aromatic rings. The zero-order valence-electron chi connectivity index (χ0n) is 16.3. The molecule has 2 heterocycles. The molecule has 1 aliphatic heterocycles. The Morgan fingerprint density at radius 1 is 1.07 bits per heavy atom. The number of alkyl halides is 3. The normalized spacial score (nSPS) is 18.5. The Morgan fingerprint density at radius 3 is 2.30 bits per heavy atom. The van der Waals surface area contributed by atoms with E-state index in [2.05, 4.69) is 25.5 Å². The lowest BCUT2D eigenvalue weighted by Crippen LogP contribution is -2.51. The van der Waals surface area contributed by atoms with Gasteiger partial charge in [0.05, 0.1) is 24.1 Å². The van der Waals surface area contributed by atoms with Crippen LogP contribution in [0.2, 0.25) is 0 Å². The fourth-order valence-electron chi connectivity index (χ4n) is 3.43. The minimum Gasteiger partial charge on any atom is -0.352 e. The van der Waals surface area contributed by atoms with Crippen molar-refractivity contribution in [1.29, 1.82) is 0 Å². The number of imidazole rings is 1. The number of benzene rings is 1. The first-order chi connectivity index (χ1) is 14.3. The van der Waals surface area contributed by atoms with Gasteiger partial charge in [0.15, 0.2) is 0 Å². The molecule has 0 bridgehead atoms. The number of halogens is 3. The third-order valence-corrected chi connectivity index (χ3v) is 5.18. The van der Waals surface area contributed by atoms with E-state index in [1.165, 1.54) is 18.2 Å². The number of carbonyl (C=O) groups excluding carboxylic acids is 2. The SMILES string of the molecule is O=C(CN1CCN(CC(=O)NC2CC2)CC1)Nc1ccc2nc(C(F)(F)F)[nH]c2c1. The zero-order valence-corrected chi connectivity index (χ0v) is 16.3. The van der Waals surface area contributed by atoms with E-state index in [0.717, 1.165) is 12.8 Å². The van der Waals surface area contributed by atoms with Crippen LogP contribution in [0, 0.1) is 0 Å². The van der Waals surface area contributed by atoms with E-state index in [4.69, 9.17) is 0 Å². The van der Waals surface area contributed by atoms with Gasteiger partial charge in [-0.2, -0.15) is 13.2 Å². The largest absolute Gasteiger partial charge is 0.449 e. The third-order valence-electron chi connectivity index (χ3n) is 5.18. The van der Waals surface area contributed by atoms with Crippen molar-refractivity contribution in [1.82, 2.24) is 25.1 Å². The number of amides is 2. The van der Waals surface area contributed by atoms with Crippen molar-refractivity contribution in [2.75, 3.05) is 44.6 Å². The molecule has 8 nitrogen and oxygen atoms in total. The summed E-state index contributed by atoms with van der Waals surface area (Å²) < 4.78 is 38.3. The predicted molar refractivity (Wildman–Crippen MR) is 104 cm³/mol. The zero-order chi connectivity index (χ0) is 21.3. The molecule has 0 atom stereocenters. The van der Waals surface area contributed by atoms with E-state index in [-0.39, 0.29) is 29.4 Å². The highest BCUT2D eigenvalue weighted by Gasteiger charge is 2.34. The molecule has 1 saturated carbocycles. The number of carbonyl (C=O) groups is 2. The second-order valence-electron chi connectivity index (χ2n) is 7.76. The van der Waals surface area contributed by atoms with E-state index in [1.54, 1.807) is 0 Å². The van der Waals surface area contributed by atoms with Gasteiger partial charge in [0.25, 0.3) is 0 Å². The summed E-state index contributed by atoms with van der Waals surface area (Å²) in [6, 6.07) is 4.75. The number of aromatic nitrogens is 2. The van der Waals surface area contributed by atoms with E-state index in [0.29, 0.717) is 44.5 Å². The van der Waals surface area contributed by atoms with Gasteiger partial charge in [-0.3, -0.25) is 19.4 Å². The Bertz CT molecular complexity index is 932. The topological polar surface area (TPSA) is 93.4 Å². The molecule has 0 unspecified atom stereocenters. The fourth-order valence-corrected chi connectivity index (χ4v) is 3.43. The second-order valence-corrected chi connectivity index (χ2v) is 7.76. The Hall–Kier alpha value is -2.66. The molecule has 3 N–H and O–H groups in total. The summed E-state index contributed by atoms with van der Waals surface area (Å²) in [6.45, 7) is 3.28. The molecule has 1 aromatic heterocycles. The van der Waals surface area contributed by atoms with Crippen molar-refractivity contribution in [2.45, 2.75) is 25.1 Å². The smallest absolute Gasteiger partial charge is 0.352 e. The van der Waals surface area contributed by atoms with Gasteiger partial charge in [-0.15, -0.1) is 0 Å². The fraction of sp³-hybridized carbons (Fsp3) is 0.526. The quantitative estimate of drug-likeness (QED) is 0.652. The highest BCUT2D eigenvalue weighted by Crippen LogP contribution is 2.29. The molecule has 1 aliphatic carbocycles. The highest BCUT2D eigenvalue weighted by atomic mass is 19.4. The third kappa shape index (κ3) is 5.28. The average Bonchev–Trinajstić information content (AvgIpc) is 3.36. The van der Waals surface area contributed by atoms with E-state index in [1.807, 2.05) is 4.90 Å². The Labute approximate surface area is 170 Å². The number of nitrogens with zero attached hydrogens (tertiary/aromatic N) is 3. The second kappa shape index (κ2) is 8.23. The number of anilines is 1. The van der Waals surface area contributed by atoms with Crippen LogP contribution in [0.15, 0.2) is 18.2 Å².